The van der Waals surface area contributed by atoms with Crippen LogP contribution in [0.3, 0.4) is 0 Å². The minimum absolute atomic E-state index is 0.0599. The average molecular weight is 258 g/mol. The van der Waals surface area contributed by atoms with Crippen molar-refractivity contribution in [3.05, 3.63) is 29.6 Å². The number of anilines is 1. The van der Waals surface area contributed by atoms with Crippen LogP contribution in [0.15, 0.2) is 18.2 Å². The van der Waals surface area contributed by atoms with Gasteiger partial charge in [-0.05, 0) is 36.6 Å². The summed E-state index contributed by atoms with van der Waals surface area (Å²) in [6.07, 6.45) is 1.41. The van der Waals surface area contributed by atoms with E-state index in [0.717, 1.165) is 11.3 Å². The summed E-state index contributed by atoms with van der Waals surface area (Å²) in [6.45, 7) is 0. The molecule has 0 saturated heterocycles. The lowest BCUT2D eigenvalue weighted by Crippen LogP contribution is -2.20. The molecule has 0 saturated carbocycles. The molecule has 0 spiro atoms. The number of fused-ring (bicyclic) bond motifs is 1. The van der Waals surface area contributed by atoms with Crippen LogP contribution in [0.1, 0.15) is 12.0 Å². The van der Waals surface area contributed by atoms with Crippen LogP contribution in [-0.2, 0) is 11.2 Å². The van der Waals surface area contributed by atoms with E-state index in [1.807, 2.05) is 0 Å². The molecule has 1 aliphatic rings. The maximum atomic E-state index is 12.9. The first-order valence-electron chi connectivity index (χ1n) is 4.40. The molecule has 74 valence electrons. The number of amides is 1. The minimum atomic E-state index is -0.258. The number of carbonyl (C=O) groups is 1. The quantitative estimate of drug-likeness (QED) is 0.711. The second-order valence-corrected chi connectivity index (χ2v) is 4.40. The van der Waals surface area contributed by atoms with Crippen LogP contribution < -0.4 is 5.32 Å². The van der Waals surface area contributed by atoms with Crippen molar-refractivity contribution >= 4 is 27.5 Å². The smallest absolute Gasteiger partial charge is 0.238 e. The monoisotopic (exact) mass is 257 g/mol. The third kappa shape index (κ3) is 1.80. The van der Waals surface area contributed by atoms with Gasteiger partial charge in [0.05, 0.1) is 4.83 Å². The molecular formula is C10H9BrFNO. The Balaban J connectivity index is 2.37. The van der Waals surface area contributed by atoms with Gasteiger partial charge in [0.15, 0.2) is 0 Å². The third-order valence-corrected chi connectivity index (χ3v) is 3.15. The summed E-state index contributed by atoms with van der Waals surface area (Å²) in [7, 11) is 0. The summed E-state index contributed by atoms with van der Waals surface area (Å²) in [5.74, 6) is -0.318. The van der Waals surface area contributed by atoms with E-state index < -0.39 is 0 Å². The van der Waals surface area contributed by atoms with Crippen LogP contribution in [0.4, 0.5) is 10.1 Å². The molecule has 0 bridgehead atoms. The molecule has 14 heavy (non-hydrogen) atoms. The second-order valence-electron chi connectivity index (χ2n) is 3.30. The summed E-state index contributed by atoms with van der Waals surface area (Å²) in [6, 6.07) is 4.43. The van der Waals surface area contributed by atoms with Gasteiger partial charge < -0.3 is 5.32 Å². The van der Waals surface area contributed by atoms with Gasteiger partial charge in [-0.1, -0.05) is 15.9 Å². The number of aryl methyl sites for hydroxylation is 1. The molecular weight excluding hydrogens is 249 g/mol. The van der Waals surface area contributed by atoms with E-state index in [2.05, 4.69) is 21.2 Å². The van der Waals surface area contributed by atoms with Crippen LogP contribution in [-0.4, -0.2) is 10.7 Å². The van der Waals surface area contributed by atoms with E-state index in [9.17, 15) is 9.18 Å². The summed E-state index contributed by atoms with van der Waals surface area (Å²) >= 11 is 3.28. The summed E-state index contributed by atoms with van der Waals surface area (Å²) in [5, 5.41) is 2.75. The van der Waals surface area contributed by atoms with Crippen molar-refractivity contribution in [3.8, 4) is 0 Å². The number of hydrogen-bond acceptors (Lipinski definition) is 1. The van der Waals surface area contributed by atoms with Gasteiger partial charge in [0.2, 0.25) is 5.91 Å². The van der Waals surface area contributed by atoms with Crippen molar-refractivity contribution in [1.82, 2.24) is 0 Å². The molecule has 0 radical (unpaired) electrons. The van der Waals surface area contributed by atoms with Crippen molar-refractivity contribution in [2.75, 3.05) is 5.32 Å². The van der Waals surface area contributed by atoms with Gasteiger partial charge in [-0.25, -0.2) is 4.39 Å². The summed E-state index contributed by atoms with van der Waals surface area (Å²) in [4.78, 5) is 11.2. The Kier molecular flexibility index (Phi) is 2.54. The molecule has 1 atom stereocenters. The molecule has 1 aliphatic heterocycles. The zero-order valence-corrected chi connectivity index (χ0v) is 8.97. The van der Waals surface area contributed by atoms with E-state index in [1.54, 1.807) is 6.07 Å². The Morgan fingerprint density at radius 1 is 1.50 bits per heavy atom. The van der Waals surface area contributed by atoms with Crippen LogP contribution in [0.25, 0.3) is 0 Å². The number of alkyl halides is 1. The van der Waals surface area contributed by atoms with Crippen molar-refractivity contribution in [3.63, 3.8) is 0 Å². The van der Waals surface area contributed by atoms with Gasteiger partial charge >= 0.3 is 0 Å². The minimum Gasteiger partial charge on any atom is -0.325 e. The molecule has 1 heterocycles. The van der Waals surface area contributed by atoms with Crippen LogP contribution in [0.2, 0.25) is 0 Å². The van der Waals surface area contributed by atoms with Gasteiger partial charge in [-0.3, -0.25) is 4.79 Å². The third-order valence-electron chi connectivity index (χ3n) is 2.28. The lowest BCUT2D eigenvalue weighted by atomic mass is 10.1. The van der Waals surface area contributed by atoms with Crippen molar-refractivity contribution in [2.24, 2.45) is 0 Å². The first-order chi connectivity index (χ1) is 6.66. The molecule has 0 fully saturated rings. The standard InChI is InChI=1S/C10H9BrFNO/c11-8-3-1-6-5-7(12)2-4-9(6)13-10(8)14/h2,4-5,8H,1,3H2,(H,13,14). The van der Waals surface area contributed by atoms with Crippen LogP contribution in [0, 0.1) is 5.82 Å². The molecule has 1 aromatic carbocycles. The first kappa shape index (κ1) is 9.65. The number of halogens is 2. The highest BCUT2D eigenvalue weighted by atomic mass is 79.9. The Bertz CT molecular complexity index is 380. The fourth-order valence-electron chi connectivity index (χ4n) is 1.52. The number of nitrogens with one attached hydrogen (secondary N) is 1. The molecule has 1 unspecified atom stereocenters. The molecule has 0 aliphatic carbocycles. The normalized spacial score (nSPS) is 21.0. The largest absolute Gasteiger partial charge is 0.325 e. The maximum Gasteiger partial charge on any atom is 0.238 e. The Morgan fingerprint density at radius 2 is 2.29 bits per heavy atom. The summed E-state index contributed by atoms with van der Waals surface area (Å²) < 4.78 is 12.9. The van der Waals surface area contributed by atoms with E-state index in [1.165, 1.54) is 12.1 Å². The lowest BCUT2D eigenvalue weighted by Gasteiger charge is -2.05. The topological polar surface area (TPSA) is 29.1 Å². The molecule has 1 aromatic rings. The predicted octanol–water partition coefficient (Wildman–Crippen LogP) is 2.47. The van der Waals surface area contributed by atoms with Crippen LogP contribution in [0.5, 0.6) is 0 Å². The number of rotatable bonds is 0. The maximum absolute atomic E-state index is 12.9. The molecule has 0 aromatic heterocycles. The molecule has 1 N–H and O–H groups in total. The number of carbonyl (C=O) groups excluding carboxylic acids is 1. The van der Waals surface area contributed by atoms with Gasteiger partial charge in [0.1, 0.15) is 5.82 Å². The van der Waals surface area contributed by atoms with E-state index in [4.69, 9.17) is 0 Å². The lowest BCUT2D eigenvalue weighted by molar-refractivity contribution is -0.115. The Morgan fingerprint density at radius 3 is 3.07 bits per heavy atom. The first-order valence-corrected chi connectivity index (χ1v) is 5.32. The van der Waals surface area contributed by atoms with Gasteiger partial charge in [-0.15, -0.1) is 0 Å². The van der Waals surface area contributed by atoms with E-state index in [0.29, 0.717) is 12.8 Å². The van der Waals surface area contributed by atoms with Gasteiger partial charge in [-0.2, -0.15) is 0 Å². The number of benzene rings is 1. The highest BCUT2D eigenvalue weighted by molar-refractivity contribution is 9.10. The molecule has 4 heteroatoms. The fourth-order valence-corrected chi connectivity index (χ4v) is 1.86. The number of hydrogen-bond donors (Lipinski definition) is 1. The highest BCUT2D eigenvalue weighted by Crippen LogP contribution is 2.25. The zero-order valence-electron chi connectivity index (χ0n) is 7.39. The van der Waals surface area contributed by atoms with Crippen LogP contribution >= 0.6 is 15.9 Å². The predicted molar refractivity (Wildman–Crippen MR) is 56.1 cm³/mol. The molecule has 2 nitrogen and oxygen atoms in total. The van der Waals surface area contributed by atoms with Gasteiger partial charge in [0.25, 0.3) is 0 Å². The van der Waals surface area contributed by atoms with E-state index >= 15 is 0 Å². The SMILES string of the molecule is O=C1Nc2ccc(F)cc2CCC1Br. The van der Waals surface area contributed by atoms with Crippen molar-refractivity contribution in [2.45, 2.75) is 17.7 Å². The fraction of sp³-hybridized carbons (Fsp3) is 0.300. The summed E-state index contributed by atoms with van der Waals surface area (Å²) in [5.41, 5.74) is 1.58. The Labute approximate surface area is 89.6 Å². The molecule has 2 rings (SSSR count). The van der Waals surface area contributed by atoms with Crippen molar-refractivity contribution < 1.29 is 9.18 Å². The zero-order chi connectivity index (χ0) is 10.1. The van der Waals surface area contributed by atoms with Crippen molar-refractivity contribution in [1.29, 1.82) is 0 Å². The van der Waals surface area contributed by atoms with Gasteiger partial charge in [0, 0.05) is 5.69 Å². The highest BCUT2D eigenvalue weighted by Gasteiger charge is 2.20. The molecule has 1 amide bonds. The Hall–Kier alpha value is -0.900. The average Bonchev–Trinajstić information content (AvgIpc) is 2.29. The second kappa shape index (κ2) is 3.69. The van der Waals surface area contributed by atoms with E-state index in [-0.39, 0.29) is 16.6 Å².